The normalized spacial score (nSPS) is 16.9. The average molecular weight is 309 g/mol. The summed E-state index contributed by atoms with van der Waals surface area (Å²) in [5.41, 5.74) is 0.859. The van der Waals surface area contributed by atoms with Crippen LogP contribution in [0.4, 0.5) is 0 Å². The van der Waals surface area contributed by atoms with E-state index in [-0.39, 0.29) is 12.4 Å². The van der Waals surface area contributed by atoms with Crippen LogP contribution >= 0.6 is 35.6 Å². The number of likely N-dealkylation sites (N-methyl/N-ethyl adjacent to an activating group) is 1. The maximum atomic E-state index is 6.08. The Bertz CT molecular complexity index is 415. The van der Waals surface area contributed by atoms with Crippen LogP contribution in [0.25, 0.3) is 0 Å². The number of nitrogens with zero attached hydrogens (tertiary/aromatic N) is 3. The van der Waals surface area contributed by atoms with Gasteiger partial charge in [0, 0.05) is 31.7 Å². The molecule has 0 saturated carbocycles. The third-order valence-corrected chi connectivity index (χ3v) is 3.65. The molecule has 100 valence electrons. The fraction of sp³-hybridized carbons (Fsp3) is 0.417. The Morgan fingerprint density at radius 2 is 1.83 bits per heavy atom. The second-order valence-electron chi connectivity index (χ2n) is 4.14. The molecule has 0 unspecified atom stereocenters. The SMILES string of the molecule is CN1CCN(/N=C/c2cccc(Cl)c2Cl)CC1.Cl. The highest BCUT2D eigenvalue weighted by Crippen LogP contribution is 2.24. The predicted molar refractivity (Wildman–Crippen MR) is 80.4 cm³/mol. The van der Waals surface area contributed by atoms with E-state index in [4.69, 9.17) is 23.2 Å². The average Bonchev–Trinajstić information content (AvgIpc) is 2.33. The Labute approximate surface area is 124 Å². The summed E-state index contributed by atoms with van der Waals surface area (Å²) < 4.78 is 0. The highest BCUT2D eigenvalue weighted by atomic mass is 35.5. The van der Waals surface area contributed by atoms with Gasteiger partial charge in [-0.3, -0.25) is 5.01 Å². The van der Waals surface area contributed by atoms with Crippen LogP contribution in [0, 0.1) is 0 Å². The van der Waals surface area contributed by atoms with Gasteiger partial charge >= 0.3 is 0 Å². The van der Waals surface area contributed by atoms with E-state index in [0.717, 1.165) is 31.7 Å². The summed E-state index contributed by atoms with van der Waals surface area (Å²) in [4.78, 5) is 2.29. The van der Waals surface area contributed by atoms with Gasteiger partial charge in [-0.15, -0.1) is 12.4 Å². The molecule has 0 N–H and O–H groups in total. The quantitative estimate of drug-likeness (QED) is 0.782. The van der Waals surface area contributed by atoms with Crippen molar-refractivity contribution in [2.45, 2.75) is 0 Å². The van der Waals surface area contributed by atoms with Crippen molar-refractivity contribution < 1.29 is 0 Å². The fourth-order valence-electron chi connectivity index (χ4n) is 1.68. The van der Waals surface area contributed by atoms with Gasteiger partial charge in [-0.2, -0.15) is 5.10 Å². The second-order valence-corrected chi connectivity index (χ2v) is 4.93. The lowest BCUT2D eigenvalue weighted by molar-refractivity contribution is 0.159. The van der Waals surface area contributed by atoms with Gasteiger partial charge in [-0.1, -0.05) is 35.3 Å². The second kappa shape index (κ2) is 7.19. The smallest absolute Gasteiger partial charge is 0.0680 e. The van der Waals surface area contributed by atoms with Gasteiger partial charge in [0.25, 0.3) is 0 Å². The predicted octanol–water partition coefficient (Wildman–Crippen LogP) is 3.00. The van der Waals surface area contributed by atoms with Crippen LogP contribution < -0.4 is 0 Å². The Morgan fingerprint density at radius 3 is 2.50 bits per heavy atom. The molecule has 0 amide bonds. The van der Waals surface area contributed by atoms with Crippen molar-refractivity contribution in [3.05, 3.63) is 33.8 Å². The molecule has 0 aliphatic carbocycles. The lowest BCUT2D eigenvalue weighted by Gasteiger charge is -2.30. The largest absolute Gasteiger partial charge is 0.303 e. The first kappa shape index (κ1) is 15.6. The molecule has 18 heavy (non-hydrogen) atoms. The molecule has 1 aliphatic heterocycles. The van der Waals surface area contributed by atoms with Gasteiger partial charge in [0.15, 0.2) is 0 Å². The highest BCUT2D eigenvalue weighted by Gasteiger charge is 2.11. The molecule has 1 aromatic rings. The Morgan fingerprint density at radius 1 is 1.17 bits per heavy atom. The van der Waals surface area contributed by atoms with E-state index in [1.54, 1.807) is 12.3 Å². The Kier molecular flexibility index (Phi) is 6.22. The molecule has 1 heterocycles. The van der Waals surface area contributed by atoms with Crippen LogP contribution in [-0.4, -0.2) is 49.4 Å². The van der Waals surface area contributed by atoms with Crippen molar-refractivity contribution in [1.82, 2.24) is 9.91 Å². The summed E-state index contributed by atoms with van der Waals surface area (Å²) in [5, 5.41) is 7.61. The maximum absolute atomic E-state index is 6.08. The molecular formula is C12H16Cl3N3. The maximum Gasteiger partial charge on any atom is 0.0680 e. The standard InChI is InChI=1S/C12H15Cl2N3.ClH/c1-16-5-7-17(8-6-16)15-9-10-3-2-4-11(13)12(10)14;/h2-4,9H,5-8H2,1H3;1H/b15-9+;. The summed E-state index contributed by atoms with van der Waals surface area (Å²) in [6.07, 6.45) is 1.78. The van der Waals surface area contributed by atoms with Gasteiger partial charge in [0.1, 0.15) is 0 Å². The molecule has 0 radical (unpaired) electrons. The molecule has 1 saturated heterocycles. The van der Waals surface area contributed by atoms with Crippen molar-refractivity contribution in [2.75, 3.05) is 33.2 Å². The third kappa shape index (κ3) is 4.02. The first-order chi connectivity index (χ1) is 8.16. The first-order valence-corrected chi connectivity index (χ1v) is 6.34. The van der Waals surface area contributed by atoms with E-state index < -0.39 is 0 Å². The van der Waals surface area contributed by atoms with Crippen molar-refractivity contribution in [1.29, 1.82) is 0 Å². The molecule has 0 atom stereocenters. The summed E-state index contributed by atoms with van der Waals surface area (Å²) in [6.45, 7) is 3.98. The number of benzene rings is 1. The van der Waals surface area contributed by atoms with E-state index in [0.29, 0.717) is 10.0 Å². The summed E-state index contributed by atoms with van der Waals surface area (Å²) >= 11 is 12.0. The summed E-state index contributed by atoms with van der Waals surface area (Å²) in [7, 11) is 2.12. The molecule has 0 aromatic heterocycles. The van der Waals surface area contributed by atoms with Crippen LogP contribution in [0.3, 0.4) is 0 Å². The Hall–Kier alpha value is -0.480. The van der Waals surface area contributed by atoms with E-state index >= 15 is 0 Å². The minimum absolute atomic E-state index is 0. The van der Waals surface area contributed by atoms with Crippen LogP contribution in [0.1, 0.15) is 5.56 Å². The lowest BCUT2D eigenvalue weighted by Crippen LogP contribution is -2.41. The highest BCUT2D eigenvalue weighted by molar-refractivity contribution is 6.43. The topological polar surface area (TPSA) is 18.8 Å². The molecule has 6 heteroatoms. The lowest BCUT2D eigenvalue weighted by atomic mass is 10.2. The van der Waals surface area contributed by atoms with Gasteiger partial charge in [0.2, 0.25) is 0 Å². The third-order valence-electron chi connectivity index (χ3n) is 2.82. The zero-order chi connectivity index (χ0) is 12.3. The van der Waals surface area contributed by atoms with Gasteiger partial charge < -0.3 is 4.90 Å². The monoisotopic (exact) mass is 307 g/mol. The van der Waals surface area contributed by atoms with Gasteiger partial charge in [0.05, 0.1) is 16.3 Å². The van der Waals surface area contributed by atoms with Crippen LogP contribution in [0.5, 0.6) is 0 Å². The first-order valence-electron chi connectivity index (χ1n) is 5.58. The molecule has 3 nitrogen and oxygen atoms in total. The van der Waals surface area contributed by atoms with Crippen LogP contribution in [0.15, 0.2) is 23.3 Å². The minimum atomic E-state index is 0. The van der Waals surface area contributed by atoms with Gasteiger partial charge in [-0.25, -0.2) is 0 Å². The fourth-order valence-corrected chi connectivity index (χ4v) is 2.03. The molecule has 1 aromatic carbocycles. The van der Waals surface area contributed by atoms with Crippen molar-refractivity contribution in [3.63, 3.8) is 0 Å². The van der Waals surface area contributed by atoms with Crippen molar-refractivity contribution in [2.24, 2.45) is 5.10 Å². The molecular weight excluding hydrogens is 293 g/mol. The number of halogens is 3. The van der Waals surface area contributed by atoms with E-state index in [1.165, 1.54) is 0 Å². The number of piperazine rings is 1. The Balaban J connectivity index is 0.00000162. The minimum Gasteiger partial charge on any atom is -0.303 e. The molecule has 1 fully saturated rings. The molecule has 1 aliphatic rings. The molecule has 0 bridgehead atoms. The summed E-state index contributed by atoms with van der Waals surface area (Å²) in [5.74, 6) is 0. The zero-order valence-corrected chi connectivity index (χ0v) is 12.5. The van der Waals surface area contributed by atoms with Crippen molar-refractivity contribution >= 4 is 41.8 Å². The van der Waals surface area contributed by atoms with E-state index in [1.807, 2.05) is 12.1 Å². The number of hydrogen-bond donors (Lipinski definition) is 0. The number of hydrazone groups is 1. The number of hydrogen-bond acceptors (Lipinski definition) is 3. The van der Waals surface area contributed by atoms with E-state index in [2.05, 4.69) is 22.1 Å². The summed E-state index contributed by atoms with van der Waals surface area (Å²) in [6, 6.07) is 5.56. The van der Waals surface area contributed by atoms with Crippen LogP contribution in [0.2, 0.25) is 10.0 Å². The molecule has 0 spiro atoms. The molecule has 2 rings (SSSR count). The van der Waals surface area contributed by atoms with Crippen molar-refractivity contribution in [3.8, 4) is 0 Å². The number of rotatable bonds is 2. The van der Waals surface area contributed by atoms with E-state index in [9.17, 15) is 0 Å². The zero-order valence-electron chi connectivity index (χ0n) is 10.1. The van der Waals surface area contributed by atoms with Crippen LogP contribution in [-0.2, 0) is 0 Å². The van der Waals surface area contributed by atoms with Gasteiger partial charge in [-0.05, 0) is 13.1 Å².